The van der Waals surface area contributed by atoms with Crippen LogP contribution in [0.5, 0.6) is 5.75 Å². The minimum Gasteiger partial charge on any atom is -0.489 e. The Morgan fingerprint density at radius 1 is 1.06 bits per heavy atom. The van der Waals surface area contributed by atoms with Crippen LogP contribution in [-0.2, 0) is 6.61 Å². The first-order chi connectivity index (χ1) is 7.74. The molecule has 2 aromatic carbocycles. The topological polar surface area (TPSA) is 35.2 Å². The van der Waals surface area contributed by atoms with Crippen molar-refractivity contribution in [1.29, 1.82) is 0 Å². The van der Waals surface area contributed by atoms with Crippen LogP contribution in [0.3, 0.4) is 0 Å². The van der Waals surface area contributed by atoms with Crippen molar-refractivity contribution in [3.05, 3.63) is 59.9 Å². The number of rotatable bonds is 3. The average Bonchev–Trinajstić information content (AvgIpc) is 2.27. The van der Waals surface area contributed by atoms with E-state index in [1.807, 2.05) is 18.2 Å². The van der Waals surface area contributed by atoms with Crippen molar-refractivity contribution in [2.24, 2.45) is 0 Å². The maximum atomic E-state index is 12.9. The van der Waals surface area contributed by atoms with Crippen LogP contribution in [0.1, 0.15) is 5.56 Å². The first-order valence-electron chi connectivity index (χ1n) is 4.97. The lowest BCUT2D eigenvalue weighted by Crippen LogP contribution is -1.96. The van der Waals surface area contributed by atoms with E-state index in [-0.39, 0.29) is 5.82 Å². The van der Waals surface area contributed by atoms with E-state index in [2.05, 4.69) is 0 Å². The van der Waals surface area contributed by atoms with Gasteiger partial charge in [-0.3, -0.25) is 0 Å². The summed E-state index contributed by atoms with van der Waals surface area (Å²) in [6, 6.07) is 13.5. The van der Waals surface area contributed by atoms with Crippen LogP contribution in [-0.4, -0.2) is 0 Å². The monoisotopic (exact) mass is 217 g/mol. The zero-order valence-electron chi connectivity index (χ0n) is 8.69. The first-order valence-corrected chi connectivity index (χ1v) is 4.97. The number of benzene rings is 2. The molecule has 2 rings (SSSR count). The molecule has 0 amide bonds. The third-order valence-electron chi connectivity index (χ3n) is 2.15. The van der Waals surface area contributed by atoms with Crippen molar-refractivity contribution >= 4 is 5.69 Å². The van der Waals surface area contributed by atoms with Crippen molar-refractivity contribution < 1.29 is 9.13 Å². The van der Waals surface area contributed by atoms with Gasteiger partial charge in [0.25, 0.3) is 0 Å². The maximum Gasteiger partial charge on any atom is 0.123 e. The molecule has 16 heavy (non-hydrogen) atoms. The van der Waals surface area contributed by atoms with Crippen LogP contribution in [0, 0.1) is 5.82 Å². The molecule has 0 bridgehead atoms. The molecule has 0 radical (unpaired) electrons. The number of nitrogens with two attached hydrogens (primary N) is 1. The van der Waals surface area contributed by atoms with E-state index in [9.17, 15) is 4.39 Å². The molecule has 0 unspecified atom stereocenters. The second-order valence-electron chi connectivity index (χ2n) is 3.49. The summed E-state index contributed by atoms with van der Waals surface area (Å²) in [5.74, 6) is 0.429. The Kier molecular flexibility index (Phi) is 3.05. The van der Waals surface area contributed by atoms with Gasteiger partial charge in [-0.2, -0.15) is 0 Å². The molecule has 0 spiro atoms. The summed E-state index contributed by atoms with van der Waals surface area (Å²) in [6.07, 6.45) is 0. The molecule has 3 heteroatoms. The Morgan fingerprint density at radius 3 is 2.62 bits per heavy atom. The Bertz CT molecular complexity index is 439. The molecule has 0 saturated heterocycles. The summed E-state index contributed by atoms with van der Waals surface area (Å²) < 4.78 is 18.4. The summed E-state index contributed by atoms with van der Waals surface area (Å²) in [5, 5.41) is 0. The van der Waals surface area contributed by atoms with Gasteiger partial charge < -0.3 is 10.5 Å². The van der Waals surface area contributed by atoms with Gasteiger partial charge in [0.2, 0.25) is 0 Å². The normalized spacial score (nSPS) is 10.1. The molecule has 0 fully saturated rings. The molecule has 0 aliphatic heterocycles. The van der Waals surface area contributed by atoms with Crippen LogP contribution in [0.15, 0.2) is 48.5 Å². The summed E-state index contributed by atoms with van der Waals surface area (Å²) in [6.45, 7) is 0.335. The zero-order valence-corrected chi connectivity index (χ0v) is 8.69. The van der Waals surface area contributed by atoms with E-state index >= 15 is 0 Å². The van der Waals surface area contributed by atoms with Gasteiger partial charge >= 0.3 is 0 Å². The summed E-state index contributed by atoms with van der Waals surface area (Å²) >= 11 is 0. The van der Waals surface area contributed by atoms with Crippen molar-refractivity contribution in [2.45, 2.75) is 6.61 Å². The summed E-state index contributed by atoms with van der Waals surface area (Å²) in [4.78, 5) is 0. The minimum atomic E-state index is -0.256. The van der Waals surface area contributed by atoms with Crippen LogP contribution < -0.4 is 10.5 Å². The van der Waals surface area contributed by atoms with Crippen molar-refractivity contribution in [1.82, 2.24) is 0 Å². The van der Waals surface area contributed by atoms with Gasteiger partial charge in [0, 0.05) is 11.8 Å². The van der Waals surface area contributed by atoms with E-state index < -0.39 is 0 Å². The SMILES string of the molecule is Nc1cccc(OCc2cccc(F)c2)c1. The molecule has 0 heterocycles. The molecule has 2 N–H and O–H groups in total. The second-order valence-corrected chi connectivity index (χ2v) is 3.49. The van der Waals surface area contributed by atoms with Crippen LogP contribution in [0.4, 0.5) is 10.1 Å². The Morgan fingerprint density at radius 2 is 1.88 bits per heavy atom. The van der Waals surface area contributed by atoms with Crippen LogP contribution in [0.25, 0.3) is 0 Å². The second kappa shape index (κ2) is 4.66. The molecule has 0 aliphatic rings. The third kappa shape index (κ3) is 2.73. The number of nitrogen functional groups attached to an aromatic ring is 1. The number of hydrogen-bond acceptors (Lipinski definition) is 2. The highest BCUT2D eigenvalue weighted by atomic mass is 19.1. The van der Waals surface area contributed by atoms with Crippen molar-refractivity contribution in [3.8, 4) is 5.75 Å². The highest BCUT2D eigenvalue weighted by molar-refractivity contribution is 5.43. The third-order valence-corrected chi connectivity index (χ3v) is 2.15. The fourth-order valence-electron chi connectivity index (χ4n) is 1.40. The largest absolute Gasteiger partial charge is 0.489 e. The minimum absolute atomic E-state index is 0.256. The van der Waals surface area contributed by atoms with Crippen molar-refractivity contribution in [2.75, 3.05) is 5.73 Å². The summed E-state index contributed by atoms with van der Waals surface area (Å²) in [7, 11) is 0. The molecular formula is C13H12FNO. The standard InChI is InChI=1S/C13H12FNO/c14-11-4-1-3-10(7-11)9-16-13-6-2-5-12(15)8-13/h1-8H,9,15H2. The molecule has 2 aromatic rings. The fourth-order valence-corrected chi connectivity index (χ4v) is 1.40. The molecule has 2 nitrogen and oxygen atoms in total. The molecule has 0 atom stereocenters. The molecular weight excluding hydrogens is 205 g/mol. The highest BCUT2D eigenvalue weighted by Gasteiger charge is 1.97. The van der Waals surface area contributed by atoms with E-state index in [1.165, 1.54) is 12.1 Å². The van der Waals surface area contributed by atoms with E-state index in [1.54, 1.807) is 18.2 Å². The van der Waals surface area contributed by atoms with Crippen LogP contribution >= 0.6 is 0 Å². The highest BCUT2D eigenvalue weighted by Crippen LogP contribution is 2.16. The van der Waals surface area contributed by atoms with Crippen molar-refractivity contribution in [3.63, 3.8) is 0 Å². The first kappa shape index (κ1) is 10.5. The smallest absolute Gasteiger partial charge is 0.123 e. The lowest BCUT2D eigenvalue weighted by atomic mass is 10.2. The van der Waals surface area contributed by atoms with Gasteiger partial charge in [-0.15, -0.1) is 0 Å². The number of anilines is 1. The van der Waals surface area contributed by atoms with E-state index in [0.29, 0.717) is 18.0 Å². The van der Waals surface area contributed by atoms with Gasteiger partial charge in [-0.05, 0) is 29.8 Å². The molecule has 0 aliphatic carbocycles. The lowest BCUT2D eigenvalue weighted by Gasteiger charge is -2.06. The Hall–Kier alpha value is -2.03. The Balaban J connectivity index is 2.02. The lowest BCUT2D eigenvalue weighted by molar-refractivity contribution is 0.306. The van der Waals surface area contributed by atoms with Gasteiger partial charge in [-0.25, -0.2) is 4.39 Å². The fraction of sp³-hybridized carbons (Fsp3) is 0.0769. The van der Waals surface area contributed by atoms with E-state index in [4.69, 9.17) is 10.5 Å². The summed E-state index contributed by atoms with van der Waals surface area (Å²) in [5.41, 5.74) is 7.06. The number of hydrogen-bond donors (Lipinski definition) is 1. The number of halogens is 1. The van der Waals surface area contributed by atoms with Gasteiger partial charge in [0.05, 0.1) is 0 Å². The van der Waals surface area contributed by atoms with Gasteiger partial charge in [-0.1, -0.05) is 18.2 Å². The predicted molar refractivity (Wildman–Crippen MR) is 61.6 cm³/mol. The molecule has 82 valence electrons. The zero-order chi connectivity index (χ0) is 11.4. The quantitative estimate of drug-likeness (QED) is 0.802. The predicted octanol–water partition coefficient (Wildman–Crippen LogP) is 2.99. The number of ether oxygens (including phenoxy) is 1. The average molecular weight is 217 g/mol. The molecule has 0 aromatic heterocycles. The van der Waals surface area contributed by atoms with Crippen LogP contribution in [0.2, 0.25) is 0 Å². The van der Waals surface area contributed by atoms with E-state index in [0.717, 1.165) is 5.56 Å². The maximum absolute atomic E-state index is 12.9. The molecule has 0 saturated carbocycles. The Labute approximate surface area is 93.5 Å². The van der Waals surface area contributed by atoms with Gasteiger partial charge in [0.15, 0.2) is 0 Å². The van der Waals surface area contributed by atoms with Gasteiger partial charge in [0.1, 0.15) is 18.2 Å².